The molecule has 1 aromatic rings. The summed E-state index contributed by atoms with van der Waals surface area (Å²) in [5.74, 6) is -0.187. The molecule has 1 unspecified atom stereocenters. The van der Waals surface area contributed by atoms with Crippen molar-refractivity contribution >= 4 is 17.5 Å². The highest BCUT2D eigenvalue weighted by Crippen LogP contribution is 2.30. The second-order valence-electron chi connectivity index (χ2n) is 4.82. The van der Waals surface area contributed by atoms with Gasteiger partial charge in [0, 0.05) is 25.8 Å². The summed E-state index contributed by atoms with van der Waals surface area (Å²) in [7, 11) is 1.77. The van der Waals surface area contributed by atoms with Gasteiger partial charge in [0.15, 0.2) is 0 Å². The van der Waals surface area contributed by atoms with E-state index in [2.05, 4.69) is 5.32 Å². The van der Waals surface area contributed by atoms with Gasteiger partial charge in [-0.1, -0.05) is 12.1 Å². The fourth-order valence-electron chi connectivity index (χ4n) is 2.26. The van der Waals surface area contributed by atoms with E-state index in [4.69, 9.17) is 5.73 Å². The molecule has 0 aliphatic carbocycles. The zero-order chi connectivity index (χ0) is 14.0. The van der Waals surface area contributed by atoms with Crippen LogP contribution in [0.2, 0.25) is 0 Å². The average molecular weight is 261 g/mol. The normalized spacial score (nSPS) is 15.3. The van der Waals surface area contributed by atoms with Crippen LogP contribution in [0.1, 0.15) is 24.0 Å². The molecule has 1 aromatic carbocycles. The van der Waals surface area contributed by atoms with Crippen LogP contribution in [-0.2, 0) is 16.0 Å². The summed E-state index contributed by atoms with van der Waals surface area (Å²) < 4.78 is 0. The third-order valence-electron chi connectivity index (χ3n) is 3.52. The summed E-state index contributed by atoms with van der Waals surface area (Å²) in [6.45, 7) is 2.77. The smallest absolute Gasteiger partial charge is 0.231 e. The number of nitrogens with two attached hydrogens (primary N) is 1. The monoisotopic (exact) mass is 261 g/mol. The molecule has 2 rings (SSSR count). The van der Waals surface area contributed by atoms with Gasteiger partial charge in [-0.05, 0) is 24.1 Å². The van der Waals surface area contributed by atoms with Crippen LogP contribution in [0.25, 0.3) is 0 Å². The Morgan fingerprint density at radius 2 is 2.26 bits per heavy atom. The lowest BCUT2D eigenvalue weighted by molar-refractivity contribution is -0.122. The maximum absolute atomic E-state index is 11.9. The molecule has 1 atom stereocenters. The zero-order valence-electron chi connectivity index (χ0n) is 11.3. The Labute approximate surface area is 112 Å². The molecule has 0 fully saturated rings. The lowest BCUT2D eigenvalue weighted by Gasteiger charge is -2.14. The number of fused-ring (bicyclic) bond motifs is 1. The summed E-state index contributed by atoms with van der Waals surface area (Å²) in [5.41, 5.74) is 8.21. The topological polar surface area (TPSA) is 75.4 Å². The summed E-state index contributed by atoms with van der Waals surface area (Å²) in [5, 5.41) is 2.77. The molecular weight excluding hydrogens is 242 g/mol. The van der Waals surface area contributed by atoms with Crippen LogP contribution in [0.3, 0.4) is 0 Å². The molecule has 1 aliphatic rings. The largest absolute Gasteiger partial charge is 0.354 e. The van der Waals surface area contributed by atoms with Gasteiger partial charge >= 0.3 is 0 Å². The van der Waals surface area contributed by atoms with Crippen molar-refractivity contribution in [1.29, 1.82) is 0 Å². The van der Waals surface area contributed by atoms with Gasteiger partial charge in [-0.15, -0.1) is 0 Å². The van der Waals surface area contributed by atoms with Gasteiger partial charge in [0.1, 0.15) is 0 Å². The second kappa shape index (κ2) is 5.40. The number of carbonyl (C=O) groups is 2. The van der Waals surface area contributed by atoms with Crippen molar-refractivity contribution < 1.29 is 9.59 Å². The van der Waals surface area contributed by atoms with E-state index in [1.165, 1.54) is 0 Å². The van der Waals surface area contributed by atoms with Gasteiger partial charge in [0.05, 0.1) is 12.3 Å². The second-order valence-corrected chi connectivity index (χ2v) is 4.82. The van der Waals surface area contributed by atoms with Gasteiger partial charge < -0.3 is 16.0 Å². The number of hydrogen-bond acceptors (Lipinski definition) is 3. The molecule has 0 bridgehead atoms. The third-order valence-corrected chi connectivity index (χ3v) is 3.52. The summed E-state index contributed by atoms with van der Waals surface area (Å²) in [4.78, 5) is 25.2. The number of rotatable bonds is 4. The Hall–Kier alpha value is -1.88. The van der Waals surface area contributed by atoms with Crippen LogP contribution in [0.15, 0.2) is 18.2 Å². The van der Waals surface area contributed by atoms with Crippen LogP contribution in [0, 0.1) is 0 Å². The quantitative estimate of drug-likeness (QED) is 0.823. The summed E-state index contributed by atoms with van der Waals surface area (Å²) in [6, 6.07) is 5.76. The SMILES string of the molecule is CC(C(=O)NCCN)c1ccc2c(c1)CC(=O)N2C. The minimum atomic E-state index is -0.238. The minimum absolute atomic E-state index is 0.0388. The van der Waals surface area contributed by atoms with E-state index in [0.29, 0.717) is 19.5 Å². The van der Waals surface area contributed by atoms with Crippen molar-refractivity contribution in [3.05, 3.63) is 29.3 Å². The molecule has 1 aliphatic heterocycles. The number of hydrogen-bond donors (Lipinski definition) is 2. The lowest BCUT2D eigenvalue weighted by atomic mass is 9.97. The maximum atomic E-state index is 11.9. The molecule has 0 saturated carbocycles. The Morgan fingerprint density at radius 3 is 2.95 bits per heavy atom. The number of nitrogens with one attached hydrogen (secondary N) is 1. The predicted octanol–water partition coefficient (Wildman–Crippen LogP) is 0.384. The van der Waals surface area contributed by atoms with Crippen LogP contribution in [0.5, 0.6) is 0 Å². The van der Waals surface area contributed by atoms with Crippen molar-refractivity contribution in [1.82, 2.24) is 5.32 Å². The molecule has 2 amide bonds. The number of anilines is 1. The van der Waals surface area contributed by atoms with Crippen molar-refractivity contribution in [2.75, 3.05) is 25.0 Å². The van der Waals surface area contributed by atoms with Crippen LogP contribution >= 0.6 is 0 Å². The Kier molecular flexibility index (Phi) is 3.85. The molecule has 5 heteroatoms. The maximum Gasteiger partial charge on any atom is 0.231 e. The van der Waals surface area contributed by atoms with E-state index < -0.39 is 0 Å². The molecule has 1 heterocycles. The predicted molar refractivity (Wildman–Crippen MR) is 74.0 cm³/mol. The molecule has 0 radical (unpaired) electrons. The van der Waals surface area contributed by atoms with Crippen molar-refractivity contribution in [2.24, 2.45) is 5.73 Å². The van der Waals surface area contributed by atoms with Crippen molar-refractivity contribution in [3.63, 3.8) is 0 Å². The summed E-state index contributed by atoms with van der Waals surface area (Å²) in [6.07, 6.45) is 0.414. The van der Waals surface area contributed by atoms with Crippen LogP contribution < -0.4 is 16.0 Å². The van der Waals surface area contributed by atoms with Crippen LogP contribution in [0.4, 0.5) is 5.69 Å². The van der Waals surface area contributed by atoms with E-state index in [1.54, 1.807) is 11.9 Å². The number of benzene rings is 1. The van der Waals surface area contributed by atoms with Gasteiger partial charge in [-0.2, -0.15) is 0 Å². The fraction of sp³-hybridized carbons (Fsp3) is 0.429. The highest BCUT2D eigenvalue weighted by Gasteiger charge is 2.25. The molecule has 102 valence electrons. The minimum Gasteiger partial charge on any atom is -0.354 e. The highest BCUT2D eigenvalue weighted by atomic mass is 16.2. The number of nitrogens with zero attached hydrogens (tertiary/aromatic N) is 1. The molecule has 19 heavy (non-hydrogen) atoms. The summed E-state index contributed by atoms with van der Waals surface area (Å²) >= 11 is 0. The Bertz CT molecular complexity index is 513. The number of likely N-dealkylation sites (N-methyl/N-ethyl adjacent to an activating group) is 1. The number of amides is 2. The molecule has 0 saturated heterocycles. The highest BCUT2D eigenvalue weighted by molar-refractivity contribution is 6.01. The first-order chi connectivity index (χ1) is 9.04. The van der Waals surface area contributed by atoms with Crippen molar-refractivity contribution in [3.8, 4) is 0 Å². The first-order valence-electron chi connectivity index (χ1n) is 6.41. The van der Waals surface area contributed by atoms with E-state index >= 15 is 0 Å². The average Bonchev–Trinajstić information content (AvgIpc) is 2.70. The molecular formula is C14H19N3O2. The number of carbonyl (C=O) groups excluding carboxylic acids is 2. The zero-order valence-corrected chi connectivity index (χ0v) is 11.3. The van der Waals surface area contributed by atoms with Gasteiger partial charge in [-0.3, -0.25) is 9.59 Å². The first-order valence-corrected chi connectivity index (χ1v) is 6.41. The van der Waals surface area contributed by atoms with Gasteiger partial charge in [-0.25, -0.2) is 0 Å². The van der Waals surface area contributed by atoms with E-state index in [9.17, 15) is 9.59 Å². The van der Waals surface area contributed by atoms with E-state index in [0.717, 1.165) is 16.8 Å². The Morgan fingerprint density at radius 1 is 1.53 bits per heavy atom. The molecule has 5 nitrogen and oxygen atoms in total. The third kappa shape index (κ3) is 2.61. The van der Waals surface area contributed by atoms with E-state index in [1.807, 2.05) is 25.1 Å². The molecule has 3 N–H and O–H groups in total. The van der Waals surface area contributed by atoms with Crippen molar-refractivity contribution in [2.45, 2.75) is 19.3 Å². The molecule has 0 aromatic heterocycles. The fourth-order valence-corrected chi connectivity index (χ4v) is 2.26. The Balaban J connectivity index is 2.17. The standard InChI is InChI=1S/C14H19N3O2/c1-9(14(19)16-6-5-15)10-3-4-12-11(7-10)8-13(18)17(12)2/h3-4,7,9H,5-6,8,15H2,1-2H3,(H,16,19). The van der Waals surface area contributed by atoms with E-state index in [-0.39, 0.29) is 17.7 Å². The lowest BCUT2D eigenvalue weighted by Crippen LogP contribution is -2.32. The first kappa shape index (κ1) is 13.5. The molecule has 0 spiro atoms. The van der Waals surface area contributed by atoms with Gasteiger partial charge in [0.25, 0.3) is 0 Å². The van der Waals surface area contributed by atoms with Crippen LogP contribution in [-0.4, -0.2) is 32.0 Å². The van der Waals surface area contributed by atoms with Gasteiger partial charge in [0.2, 0.25) is 11.8 Å².